The third-order valence-corrected chi connectivity index (χ3v) is 7.89. The Kier molecular flexibility index (Phi) is 6.27. The van der Waals surface area contributed by atoms with Gasteiger partial charge in [-0.15, -0.1) is 22.7 Å². The van der Waals surface area contributed by atoms with Gasteiger partial charge in [-0.25, -0.2) is 12.7 Å². The maximum absolute atomic E-state index is 12.7. The topological polar surface area (TPSA) is 57.7 Å². The molecule has 3 heterocycles. The van der Waals surface area contributed by atoms with E-state index in [4.69, 9.17) is 0 Å². The molecule has 0 N–H and O–H groups in total. The molecule has 1 aliphatic heterocycles. The van der Waals surface area contributed by atoms with E-state index < -0.39 is 10.0 Å². The zero-order valence-electron chi connectivity index (χ0n) is 14.0. The van der Waals surface area contributed by atoms with Gasteiger partial charge in [-0.05, 0) is 35.7 Å². The standard InChI is InChI=1S/C17H22N2O3S3/c20-17(7-1-8-19-9-4-12-25(19,21)22)18(13-15-5-2-10-23-15)14-16-6-3-11-24-16/h2-3,5-6,10-11H,1,4,7-9,12-14H2. The van der Waals surface area contributed by atoms with Gasteiger partial charge >= 0.3 is 0 Å². The van der Waals surface area contributed by atoms with E-state index in [-0.39, 0.29) is 11.7 Å². The molecule has 0 atom stereocenters. The minimum Gasteiger partial charge on any atom is -0.332 e. The van der Waals surface area contributed by atoms with Crippen LogP contribution in [0, 0.1) is 0 Å². The molecule has 2 aromatic rings. The molecular formula is C17H22N2O3S3. The molecule has 0 spiro atoms. The summed E-state index contributed by atoms with van der Waals surface area (Å²) >= 11 is 3.29. The Labute approximate surface area is 156 Å². The fraction of sp³-hybridized carbons (Fsp3) is 0.471. The Hall–Kier alpha value is -1.22. The molecule has 0 radical (unpaired) electrons. The lowest BCUT2D eigenvalue weighted by Gasteiger charge is -2.22. The highest BCUT2D eigenvalue weighted by molar-refractivity contribution is 7.89. The first-order valence-corrected chi connectivity index (χ1v) is 11.7. The summed E-state index contributed by atoms with van der Waals surface area (Å²) in [5.74, 6) is 0.322. The molecule has 0 bridgehead atoms. The average molecular weight is 399 g/mol. The molecule has 25 heavy (non-hydrogen) atoms. The maximum atomic E-state index is 12.7. The van der Waals surface area contributed by atoms with E-state index in [0.29, 0.717) is 45.4 Å². The molecule has 1 aliphatic rings. The molecular weight excluding hydrogens is 376 g/mol. The van der Waals surface area contributed by atoms with E-state index in [1.807, 2.05) is 39.9 Å². The fourth-order valence-electron chi connectivity index (χ4n) is 2.92. The number of nitrogens with zero attached hydrogens (tertiary/aromatic N) is 2. The lowest BCUT2D eigenvalue weighted by molar-refractivity contribution is -0.132. The number of carbonyl (C=O) groups excluding carboxylic acids is 1. The van der Waals surface area contributed by atoms with Crippen molar-refractivity contribution in [2.45, 2.75) is 32.4 Å². The summed E-state index contributed by atoms with van der Waals surface area (Å²) in [5, 5.41) is 4.03. The van der Waals surface area contributed by atoms with E-state index in [1.54, 1.807) is 22.7 Å². The maximum Gasteiger partial charge on any atom is 0.223 e. The predicted octanol–water partition coefficient (Wildman–Crippen LogP) is 3.15. The number of amides is 1. The van der Waals surface area contributed by atoms with Gasteiger partial charge in [0.2, 0.25) is 15.9 Å². The SMILES string of the molecule is O=C(CCCN1CCCS1(=O)=O)N(Cc1cccs1)Cc1cccs1. The van der Waals surface area contributed by atoms with Crippen molar-refractivity contribution in [1.82, 2.24) is 9.21 Å². The number of hydrogen-bond donors (Lipinski definition) is 0. The van der Waals surface area contributed by atoms with Crippen LogP contribution >= 0.6 is 22.7 Å². The lowest BCUT2D eigenvalue weighted by Crippen LogP contribution is -2.31. The van der Waals surface area contributed by atoms with Crippen molar-refractivity contribution < 1.29 is 13.2 Å². The second-order valence-corrected chi connectivity index (χ2v) is 10.2. The Morgan fingerprint density at radius 3 is 2.24 bits per heavy atom. The molecule has 2 aromatic heterocycles. The van der Waals surface area contributed by atoms with Gasteiger partial charge in [0.1, 0.15) is 0 Å². The van der Waals surface area contributed by atoms with Crippen molar-refractivity contribution in [3.63, 3.8) is 0 Å². The average Bonchev–Trinajstić information content (AvgIpc) is 3.30. The molecule has 1 fully saturated rings. The van der Waals surface area contributed by atoms with Gasteiger partial charge in [0.25, 0.3) is 0 Å². The second kappa shape index (κ2) is 8.44. The molecule has 0 aliphatic carbocycles. The van der Waals surface area contributed by atoms with E-state index in [2.05, 4.69) is 0 Å². The van der Waals surface area contributed by atoms with Crippen LogP contribution in [0.25, 0.3) is 0 Å². The summed E-state index contributed by atoms with van der Waals surface area (Å²) in [6, 6.07) is 8.06. The monoisotopic (exact) mass is 398 g/mol. The summed E-state index contributed by atoms with van der Waals surface area (Å²) in [7, 11) is -3.08. The van der Waals surface area contributed by atoms with Crippen molar-refractivity contribution in [1.29, 1.82) is 0 Å². The molecule has 0 unspecified atom stereocenters. The van der Waals surface area contributed by atoms with Gasteiger partial charge in [0, 0.05) is 29.3 Å². The first kappa shape index (κ1) is 18.6. The zero-order valence-corrected chi connectivity index (χ0v) is 16.4. The molecule has 8 heteroatoms. The van der Waals surface area contributed by atoms with Crippen LogP contribution in [-0.2, 0) is 27.9 Å². The Balaban J connectivity index is 1.56. The highest BCUT2D eigenvalue weighted by Gasteiger charge is 2.27. The van der Waals surface area contributed by atoms with Crippen LogP contribution < -0.4 is 0 Å². The van der Waals surface area contributed by atoms with E-state index >= 15 is 0 Å². The van der Waals surface area contributed by atoms with Gasteiger partial charge in [-0.1, -0.05) is 12.1 Å². The summed E-state index contributed by atoms with van der Waals surface area (Å²) in [5.41, 5.74) is 0. The van der Waals surface area contributed by atoms with Crippen LogP contribution in [0.15, 0.2) is 35.0 Å². The molecule has 1 saturated heterocycles. The highest BCUT2D eigenvalue weighted by Crippen LogP contribution is 2.19. The summed E-state index contributed by atoms with van der Waals surface area (Å²) < 4.78 is 25.2. The smallest absolute Gasteiger partial charge is 0.223 e. The lowest BCUT2D eigenvalue weighted by atomic mass is 10.2. The molecule has 136 valence electrons. The number of sulfonamides is 1. The molecule has 1 amide bonds. The van der Waals surface area contributed by atoms with E-state index in [1.165, 1.54) is 4.31 Å². The largest absolute Gasteiger partial charge is 0.332 e. The van der Waals surface area contributed by atoms with Crippen molar-refractivity contribution in [2.24, 2.45) is 0 Å². The van der Waals surface area contributed by atoms with Gasteiger partial charge in [-0.3, -0.25) is 4.79 Å². The Morgan fingerprint density at radius 2 is 1.76 bits per heavy atom. The highest BCUT2D eigenvalue weighted by atomic mass is 32.2. The van der Waals surface area contributed by atoms with Crippen LogP contribution in [0.4, 0.5) is 0 Å². The van der Waals surface area contributed by atoms with E-state index in [0.717, 1.165) is 9.75 Å². The predicted molar refractivity (Wildman–Crippen MR) is 102 cm³/mol. The Morgan fingerprint density at radius 1 is 1.12 bits per heavy atom. The Bertz CT molecular complexity index is 734. The number of rotatable bonds is 8. The van der Waals surface area contributed by atoms with Crippen LogP contribution in [-0.4, -0.2) is 42.4 Å². The zero-order chi connectivity index (χ0) is 17.7. The third-order valence-electron chi connectivity index (χ3n) is 4.21. The van der Waals surface area contributed by atoms with Crippen LogP contribution in [0.5, 0.6) is 0 Å². The normalized spacial score (nSPS) is 17.0. The van der Waals surface area contributed by atoms with Crippen molar-refractivity contribution in [3.8, 4) is 0 Å². The van der Waals surface area contributed by atoms with Crippen molar-refractivity contribution >= 4 is 38.6 Å². The van der Waals surface area contributed by atoms with Crippen molar-refractivity contribution in [3.05, 3.63) is 44.8 Å². The minimum absolute atomic E-state index is 0.0818. The third kappa shape index (κ3) is 5.13. The second-order valence-electron chi connectivity index (χ2n) is 6.08. The van der Waals surface area contributed by atoms with Crippen LogP contribution in [0.1, 0.15) is 29.0 Å². The summed E-state index contributed by atoms with van der Waals surface area (Å²) in [4.78, 5) is 16.9. The number of hydrogen-bond acceptors (Lipinski definition) is 5. The number of thiophene rings is 2. The first-order chi connectivity index (χ1) is 12.0. The van der Waals surface area contributed by atoms with Gasteiger partial charge in [0.05, 0.1) is 18.8 Å². The fourth-order valence-corrected chi connectivity index (χ4v) is 5.93. The summed E-state index contributed by atoms with van der Waals surface area (Å²) in [6.45, 7) is 2.25. The minimum atomic E-state index is -3.08. The molecule has 5 nitrogen and oxygen atoms in total. The summed E-state index contributed by atoms with van der Waals surface area (Å²) in [6.07, 6.45) is 1.64. The van der Waals surface area contributed by atoms with Crippen LogP contribution in [0.2, 0.25) is 0 Å². The van der Waals surface area contributed by atoms with Gasteiger partial charge in [-0.2, -0.15) is 0 Å². The quantitative estimate of drug-likeness (QED) is 0.686. The van der Waals surface area contributed by atoms with Gasteiger partial charge in [0.15, 0.2) is 0 Å². The van der Waals surface area contributed by atoms with E-state index in [9.17, 15) is 13.2 Å². The molecule has 0 aromatic carbocycles. The molecule has 0 saturated carbocycles. The molecule has 3 rings (SSSR count). The van der Waals surface area contributed by atoms with Gasteiger partial charge < -0.3 is 4.90 Å². The first-order valence-electron chi connectivity index (χ1n) is 8.35. The van der Waals surface area contributed by atoms with Crippen molar-refractivity contribution in [2.75, 3.05) is 18.8 Å². The van der Waals surface area contributed by atoms with Crippen LogP contribution in [0.3, 0.4) is 0 Å². The number of carbonyl (C=O) groups is 1.